The van der Waals surface area contributed by atoms with E-state index in [2.05, 4.69) is 22.1 Å². The highest BCUT2D eigenvalue weighted by Gasteiger charge is 2.26. The lowest BCUT2D eigenvalue weighted by Crippen LogP contribution is -2.52. The standard InChI is InChI=1S/C25H28N4O3/c1-18-9-10-22(17-19(18)2)29-24(30)12-11-23(26-29)32-20(3)25(31)28-15-13-27(14-16-28)21-7-5-4-6-8-21/h4-12,17,20H,13-16H2,1-3H3. The van der Waals surface area contributed by atoms with Crippen LogP contribution in [0.1, 0.15) is 18.1 Å². The molecule has 1 aliphatic rings. The summed E-state index contributed by atoms with van der Waals surface area (Å²) in [4.78, 5) is 29.4. The first kappa shape index (κ1) is 21.6. The molecule has 1 unspecified atom stereocenters. The van der Waals surface area contributed by atoms with Crippen LogP contribution in [0.15, 0.2) is 65.5 Å². The lowest BCUT2D eigenvalue weighted by atomic mass is 10.1. The van der Waals surface area contributed by atoms with E-state index in [1.165, 1.54) is 22.5 Å². The number of nitrogens with zero attached hydrogens (tertiary/aromatic N) is 4. The zero-order valence-corrected chi connectivity index (χ0v) is 18.7. The molecule has 1 fully saturated rings. The maximum Gasteiger partial charge on any atom is 0.271 e. The maximum absolute atomic E-state index is 12.9. The molecule has 0 spiro atoms. The quantitative estimate of drug-likeness (QED) is 0.620. The summed E-state index contributed by atoms with van der Waals surface area (Å²) in [7, 11) is 0. The molecule has 166 valence electrons. The number of hydrogen-bond acceptors (Lipinski definition) is 5. The van der Waals surface area contributed by atoms with Crippen LogP contribution >= 0.6 is 0 Å². The van der Waals surface area contributed by atoms with Gasteiger partial charge in [-0.2, -0.15) is 4.68 Å². The Hall–Kier alpha value is -3.61. The number of aromatic nitrogens is 2. The van der Waals surface area contributed by atoms with E-state index in [-0.39, 0.29) is 17.3 Å². The lowest BCUT2D eigenvalue weighted by molar-refractivity contribution is -0.138. The van der Waals surface area contributed by atoms with Crippen molar-refractivity contribution in [1.29, 1.82) is 0 Å². The fourth-order valence-electron chi connectivity index (χ4n) is 3.81. The molecule has 2 aromatic carbocycles. The van der Waals surface area contributed by atoms with Crippen LogP contribution in [0, 0.1) is 13.8 Å². The number of carbonyl (C=O) groups excluding carboxylic acids is 1. The Morgan fingerprint density at radius 3 is 2.31 bits per heavy atom. The van der Waals surface area contributed by atoms with Gasteiger partial charge in [0.1, 0.15) is 0 Å². The topological polar surface area (TPSA) is 67.7 Å². The van der Waals surface area contributed by atoms with E-state index < -0.39 is 6.10 Å². The largest absolute Gasteiger partial charge is 0.463 e. The number of para-hydroxylation sites is 1. The van der Waals surface area contributed by atoms with E-state index in [0.29, 0.717) is 18.8 Å². The minimum atomic E-state index is -0.698. The second-order valence-corrected chi connectivity index (χ2v) is 8.10. The summed E-state index contributed by atoms with van der Waals surface area (Å²) in [6.45, 7) is 8.55. The second kappa shape index (κ2) is 9.26. The van der Waals surface area contributed by atoms with Crippen LogP contribution in [-0.2, 0) is 4.79 Å². The molecule has 32 heavy (non-hydrogen) atoms. The van der Waals surface area contributed by atoms with Gasteiger partial charge in [-0.25, -0.2) is 0 Å². The summed E-state index contributed by atoms with van der Waals surface area (Å²) < 4.78 is 7.14. The van der Waals surface area contributed by atoms with Crippen LogP contribution in [0.25, 0.3) is 5.69 Å². The first-order valence-electron chi connectivity index (χ1n) is 10.9. The summed E-state index contributed by atoms with van der Waals surface area (Å²) in [5, 5.41) is 4.34. The summed E-state index contributed by atoms with van der Waals surface area (Å²) >= 11 is 0. The van der Waals surface area contributed by atoms with Crippen molar-refractivity contribution < 1.29 is 9.53 Å². The van der Waals surface area contributed by atoms with E-state index in [1.807, 2.05) is 55.1 Å². The Kier molecular flexibility index (Phi) is 6.25. The molecule has 7 nitrogen and oxygen atoms in total. The van der Waals surface area contributed by atoms with Crippen LogP contribution in [0.3, 0.4) is 0 Å². The van der Waals surface area contributed by atoms with Crippen molar-refractivity contribution in [1.82, 2.24) is 14.7 Å². The summed E-state index contributed by atoms with van der Waals surface area (Å²) in [5.41, 5.74) is 3.79. The van der Waals surface area contributed by atoms with Gasteiger partial charge in [-0.1, -0.05) is 24.3 Å². The minimum Gasteiger partial charge on any atom is -0.463 e. The third-order valence-corrected chi connectivity index (χ3v) is 5.87. The Morgan fingerprint density at radius 1 is 0.906 bits per heavy atom. The van der Waals surface area contributed by atoms with Crippen molar-refractivity contribution in [2.24, 2.45) is 0 Å². The van der Waals surface area contributed by atoms with Crippen molar-refractivity contribution >= 4 is 11.6 Å². The Morgan fingerprint density at radius 2 is 1.62 bits per heavy atom. The van der Waals surface area contributed by atoms with Crippen LogP contribution in [0.5, 0.6) is 5.88 Å². The first-order valence-corrected chi connectivity index (χ1v) is 10.9. The van der Waals surface area contributed by atoms with E-state index in [9.17, 15) is 9.59 Å². The number of ether oxygens (including phenoxy) is 1. The Bertz CT molecular complexity index is 1150. The average molecular weight is 433 g/mol. The molecule has 0 radical (unpaired) electrons. The van der Waals surface area contributed by atoms with Crippen LogP contribution in [-0.4, -0.2) is 52.9 Å². The molecule has 0 saturated carbocycles. The Labute approximate surface area is 187 Å². The molecule has 1 amide bonds. The smallest absolute Gasteiger partial charge is 0.271 e. The minimum absolute atomic E-state index is 0.0801. The molecule has 7 heteroatoms. The molecular weight excluding hydrogens is 404 g/mol. The van der Waals surface area contributed by atoms with Crippen molar-refractivity contribution in [3.63, 3.8) is 0 Å². The van der Waals surface area contributed by atoms with E-state index >= 15 is 0 Å². The average Bonchev–Trinajstić information content (AvgIpc) is 2.82. The monoisotopic (exact) mass is 432 g/mol. The molecule has 0 bridgehead atoms. The van der Waals surface area contributed by atoms with Gasteiger partial charge < -0.3 is 14.5 Å². The molecule has 0 aliphatic carbocycles. The van der Waals surface area contributed by atoms with E-state index in [4.69, 9.17) is 4.74 Å². The third kappa shape index (κ3) is 4.66. The number of piperazine rings is 1. The van der Waals surface area contributed by atoms with Gasteiger partial charge in [-0.15, -0.1) is 5.10 Å². The zero-order chi connectivity index (χ0) is 22.7. The molecule has 1 atom stereocenters. The van der Waals surface area contributed by atoms with Gasteiger partial charge in [0.2, 0.25) is 5.88 Å². The predicted octanol–water partition coefficient (Wildman–Crippen LogP) is 2.97. The van der Waals surface area contributed by atoms with Crippen molar-refractivity contribution in [2.45, 2.75) is 26.9 Å². The SMILES string of the molecule is Cc1ccc(-n2nc(OC(C)C(=O)N3CCN(c4ccccc4)CC3)ccc2=O)cc1C. The van der Waals surface area contributed by atoms with Gasteiger partial charge in [-0.3, -0.25) is 9.59 Å². The number of benzene rings is 2. The van der Waals surface area contributed by atoms with E-state index in [0.717, 1.165) is 24.2 Å². The molecule has 3 aromatic rings. The van der Waals surface area contributed by atoms with Crippen molar-refractivity contribution in [2.75, 3.05) is 31.1 Å². The fraction of sp³-hybridized carbons (Fsp3) is 0.320. The molecule has 4 rings (SSSR count). The number of hydrogen-bond donors (Lipinski definition) is 0. The van der Waals surface area contributed by atoms with E-state index in [1.54, 1.807) is 6.92 Å². The van der Waals surface area contributed by atoms with Gasteiger partial charge in [-0.05, 0) is 56.2 Å². The molecule has 0 N–H and O–H groups in total. The van der Waals surface area contributed by atoms with Gasteiger partial charge in [0, 0.05) is 44.0 Å². The molecule has 1 aromatic heterocycles. The van der Waals surface area contributed by atoms with Crippen molar-refractivity contribution in [3.8, 4) is 11.6 Å². The maximum atomic E-state index is 12.9. The lowest BCUT2D eigenvalue weighted by Gasteiger charge is -2.37. The number of rotatable bonds is 5. The summed E-state index contributed by atoms with van der Waals surface area (Å²) in [5.74, 6) is 0.162. The fourth-order valence-corrected chi connectivity index (χ4v) is 3.81. The van der Waals surface area contributed by atoms with Crippen molar-refractivity contribution in [3.05, 3.63) is 82.1 Å². The van der Waals surface area contributed by atoms with Gasteiger partial charge in [0.05, 0.1) is 5.69 Å². The highest BCUT2D eigenvalue weighted by atomic mass is 16.5. The molecule has 1 aliphatic heterocycles. The molecule has 1 saturated heterocycles. The zero-order valence-electron chi connectivity index (χ0n) is 18.7. The number of aryl methyl sites for hydroxylation is 2. The van der Waals surface area contributed by atoms with Gasteiger partial charge in [0.25, 0.3) is 11.5 Å². The number of carbonyl (C=O) groups is 1. The Balaban J connectivity index is 1.41. The summed E-state index contributed by atoms with van der Waals surface area (Å²) in [6.07, 6.45) is -0.698. The molecule has 2 heterocycles. The predicted molar refractivity (Wildman–Crippen MR) is 125 cm³/mol. The van der Waals surface area contributed by atoms with Gasteiger partial charge >= 0.3 is 0 Å². The third-order valence-electron chi connectivity index (χ3n) is 5.87. The molecular formula is C25H28N4O3. The van der Waals surface area contributed by atoms with Crippen LogP contribution < -0.4 is 15.2 Å². The number of amides is 1. The summed E-state index contributed by atoms with van der Waals surface area (Å²) in [6, 6.07) is 18.8. The highest BCUT2D eigenvalue weighted by molar-refractivity contribution is 5.81. The normalized spacial score (nSPS) is 14.8. The number of anilines is 1. The van der Waals surface area contributed by atoms with Gasteiger partial charge in [0.15, 0.2) is 6.10 Å². The highest BCUT2D eigenvalue weighted by Crippen LogP contribution is 2.17. The first-order chi connectivity index (χ1) is 15.4. The van der Waals surface area contributed by atoms with Crippen LogP contribution in [0.2, 0.25) is 0 Å². The van der Waals surface area contributed by atoms with Crippen LogP contribution in [0.4, 0.5) is 5.69 Å². The second-order valence-electron chi connectivity index (χ2n) is 8.10.